The van der Waals surface area contributed by atoms with Crippen molar-refractivity contribution < 1.29 is 33.0 Å². The van der Waals surface area contributed by atoms with Crippen LogP contribution in [0.4, 0.5) is 26.0 Å². The fourth-order valence-corrected chi connectivity index (χ4v) is 13.1. The summed E-state index contributed by atoms with van der Waals surface area (Å²) in [5, 5.41) is 14.8. The van der Waals surface area contributed by atoms with Gasteiger partial charge in [0.2, 0.25) is 11.8 Å². The molecule has 5 aromatic rings. The zero-order valence-corrected chi connectivity index (χ0v) is 41.4. The highest BCUT2D eigenvalue weighted by Gasteiger charge is 2.50. The molecule has 12 rings (SSSR count). The normalized spacial score (nSPS) is 24.2. The van der Waals surface area contributed by atoms with E-state index in [0.717, 1.165) is 82.9 Å². The number of hydrogen-bond donors (Lipinski definition) is 3. The number of amides is 3. The Kier molecular flexibility index (Phi) is 11.8. The van der Waals surface area contributed by atoms with E-state index < -0.39 is 23.3 Å². The van der Waals surface area contributed by atoms with Gasteiger partial charge in [-0.2, -0.15) is 9.97 Å². The molecule has 0 unspecified atom stereocenters. The average molecular weight is 993 g/mol. The highest BCUT2D eigenvalue weighted by atomic mass is 19.1. The number of hydrogen-bond acceptors (Lipinski definition) is 13. The summed E-state index contributed by atoms with van der Waals surface area (Å²) in [7, 11) is 0. The molecule has 380 valence electrons. The van der Waals surface area contributed by atoms with E-state index in [1.807, 2.05) is 17.0 Å². The third-order valence-electron chi connectivity index (χ3n) is 17.3. The zero-order chi connectivity index (χ0) is 50.4. The van der Waals surface area contributed by atoms with Crippen molar-refractivity contribution in [3.05, 3.63) is 77.0 Å². The quantitative estimate of drug-likeness (QED) is 0.0769. The summed E-state index contributed by atoms with van der Waals surface area (Å²) < 4.78 is 38.7. The number of benzene rings is 3. The van der Waals surface area contributed by atoms with Crippen LogP contribution in [0, 0.1) is 40.7 Å². The van der Waals surface area contributed by atoms with Gasteiger partial charge in [-0.15, -0.1) is 6.42 Å². The molecule has 0 radical (unpaired) electrons. The number of nitrogens with two attached hydrogens (primary N) is 1. The maximum Gasteiger partial charge on any atom is 0.319 e. The number of likely N-dealkylation sites (tertiary alicyclic amines) is 1. The van der Waals surface area contributed by atoms with Crippen LogP contribution >= 0.6 is 0 Å². The second kappa shape index (κ2) is 18.2. The van der Waals surface area contributed by atoms with Crippen LogP contribution in [-0.2, 0) is 16.1 Å². The van der Waals surface area contributed by atoms with E-state index in [2.05, 4.69) is 37.0 Å². The van der Waals surface area contributed by atoms with Crippen LogP contribution in [0.2, 0.25) is 0 Å². The fraction of sp³-hybridized carbons (Fsp3) is 0.500. The number of ether oxygens (including phenoxy) is 1. The molecular weight excluding hydrogens is 931 g/mol. The standard InChI is InChI=1S/C56H62F2N10O5/c1-3-39-43(57)8-5-35-23-37(59)25-41(46(35)39)48-47(58)49-42(28-60-48)50(67-16-4-11-54(2,72)31-67)63-53(62-49)73-33-56(12-13-56)32-65-17-14-55(15-18-65)26-34(27-55)29-64-19-21-66(22-20-64)38-6-7-40-36(24-38)30-68(52(40)71)44-9-10-45(69)61-51(44)70/h1,5-8,23-25,28,34,44,72H,4,9-22,26-27,29-33,59H2,2H3,(H,61,69,70)/t44-,54+/m0/s1. The molecule has 1 spiro atoms. The molecule has 7 heterocycles. The van der Waals surface area contributed by atoms with Gasteiger partial charge in [-0.05, 0) is 136 Å². The molecule has 5 aliphatic heterocycles. The van der Waals surface area contributed by atoms with Gasteiger partial charge >= 0.3 is 6.01 Å². The lowest BCUT2D eigenvalue weighted by Crippen LogP contribution is -2.53. The summed E-state index contributed by atoms with van der Waals surface area (Å²) >= 11 is 0. The maximum absolute atomic E-state index is 17.1. The van der Waals surface area contributed by atoms with Gasteiger partial charge in [0.05, 0.1) is 23.2 Å². The fourth-order valence-electron chi connectivity index (χ4n) is 13.1. The number of piperazine rings is 1. The van der Waals surface area contributed by atoms with Gasteiger partial charge < -0.3 is 35.2 Å². The van der Waals surface area contributed by atoms with Crippen molar-refractivity contribution in [2.45, 2.75) is 89.3 Å². The molecule has 2 aliphatic carbocycles. The third kappa shape index (κ3) is 8.99. The predicted molar refractivity (Wildman–Crippen MR) is 274 cm³/mol. The van der Waals surface area contributed by atoms with Gasteiger partial charge in [-0.25, -0.2) is 8.78 Å². The van der Waals surface area contributed by atoms with Crippen LogP contribution < -0.4 is 25.6 Å². The predicted octanol–water partition coefficient (Wildman–Crippen LogP) is 6.27. The van der Waals surface area contributed by atoms with Crippen molar-refractivity contribution in [2.75, 3.05) is 87.6 Å². The monoisotopic (exact) mass is 992 g/mol. The molecule has 0 bridgehead atoms. The van der Waals surface area contributed by atoms with Crippen LogP contribution in [-0.4, -0.2) is 136 Å². The van der Waals surface area contributed by atoms with Crippen LogP contribution in [0.3, 0.4) is 0 Å². The summed E-state index contributed by atoms with van der Waals surface area (Å²) in [5.41, 5.74) is 8.93. The number of halogens is 2. The molecule has 2 atom stereocenters. The van der Waals surface area contributed by atoms with Crippen LogP contribution in [0.15, 0.2) is 48.7 Å². The van der Waals surface area contributed by atoms with E-state index in [-0.39, 0.29) is 57.9 Å². The molecule has 2 saturated carbocycles. The molecular formula is C56H62F2N10O5. The van der Waals surface area contributed by atoms with Crippen LogP contribution in [0.5, 0.6) is 6.01 Å². The minimum absolute atomic E-state index is 0.00563. The van der Waals surface area contributed by atoms with Gasteiger partial charge in [0.25, 0.3) is 5.91 Å². The molecule has 6 fully saturated rings. The smallest absolute Gasteiger partial charge is 0.319 e. The Bertz CT molecular complexity index is 3110. The van der Waals surface area contributed by atoms with E-state index >= 15 is 8.78 Å². The summed E-state index contributed by atoms with van der Waals surface area (Å²) in [6.45, 7) is 11.5. The lowest BCUT2D eigenvalue weighted by molar-refractivity contribution is -0.136. The van der Waals surface area contributed by atoms with Gasteiger partial charge in [0.15, 0.2) is 5.82 Å². The van der Waals surface area contributed by atoms with Crippen molar-refractivity contribution in [3.8, 4) is 29.6 Å². The lowest BCUT2D eigenvalue weighted by Gasteiger charge is -2.54. The molecule has 7 aliphatic rings. The zero-order valence-electron chi connectivity index (χ0n) is 41.4. The molecule has 3 aromatic carbocycles. The number of terminal acetylenes is 1. The number of piperidine rings is 3. The molecule has 15 nitrogen and oxygen atoms in total. The summed E-state index contributed by atoms with van der Waals surface area (Å²) in [6.07, 6.45) is 16.3. The Morgan fingerprint density at radius 3 is 2.45 bits per heavy atom. The Hall–Kier alpha value is -6.48. The number of β-amino-alcohol motifs (C(OH)–C–C–N with tert-alkyl or cyclic N) is 1. The second-order valence-corrected chi connectivity index (χ2v) is 22.6. The number of anilines is 3. The highest BCUT2D eigenvalue weighted by Crippen LogP contribution is 2.54. The largest absolute Gasteiger partial charge is 0.463 e. The van der Waals surface area contributed by atoms with Crippen molar-refractivity contribution in [2.24, 2.45) is 16.7 Å². The van der Waals surface area contributed by atoms with E-state index in [0.29, 0.717) is 83.6 Å². The molecule has 4 saturated heterocycles. The van der Waals surface area contributed by atoms with E-state index in [4.69, 9.17) is 26.9 Å². The lowest BCUT2D eigenvalue weighted by atomic mass is 9.57. The molecule has 2 aromatic heterocycles. The average Bonchev–Trinajstić information content (AvgIpc) is 4.06. The van der Waals surface area contributed by atoms with Gasteiger partial charge in [-0.1, -0.05) is 12.0 Å². The van der Waals surface area contributed by atoms with Gasteiger partial charge in [-0.3, -0.25) is 29.6 Å². The summed E-state index contributed by atoms with van der Waals surface area (Å²) in [6, 6.07) is 11.6. The molecule has 3 amide bonds. The van der Waals surface area contributed by atoms with Crippen molar-refractivity contribution in [1.82, 2.24) is 35.0 Å². The number of nitrogen functional groups attached to an aromatic ring is 1. The SMILES string of the molecule is C#Cc1c(F)ccc2cc(N)cc(-c3ncc4c(N5CCC[C@@](C)(O)C5)nc(OCC5(CN6CCC7(CC6)CC(CN6CCN(c8ccc9c(c8)CN([C@H]8CCC(=O)NC8=O)C9=O)CC6)C7)CC5)nc4c3F)c12. The summed E-state index contributed by atoms with van der Waals surface area (Å²) in [5.74, 6) is 1.44. The van der Waals surface area contributed by atoms with Crippen LogP contribution in [0.25, 0.3) is 32.9 Å². The Morgan fingerprint density at radius 1 is 0.918 bits per heavy atom. The summed E-state index contributed by atoms with van der Waals surface area (Å²) in [4.78, 5) is 62.8. The number of nitrogens with zero attached hydrogens (tertiary/aromatic N) is 8. The van der Waals surface area contributed by atoms with E-state index in [9.17, 15) is 19.5 Å². The Morgan fingerprint density at radius 2 is 1.71 bits per heavy atom. The number of fused-ring (bicyclic) bond motifs is 3. The number of aliphatic hydroxyl groups is 1. The topological polar surface area (TPSA) is 174 Å². The highest BCUT2D eigenvalue weighted by molar-refractivity contribution is 6.06. The Labute approximate surface area is 423 Å². The van der Waals surface area contributed by atoms with Crippen molar-refractivity contribution in [1.29, 1.82) is 0 Å². The molecule has 17 heteroatoms. The molecule has 4 N–H and O–H groups in total. The number of carbonyl (C=O) groups is 3. The number of aromatic nitrogens is 3. The second-order valence-electron chi connectivity index (χ2n) is 22.6. The maximum atomic E-state index is 17.1. The van der Waals surface area contributed by atoms with Gasteiger partial charge in [0.1, 0.15) is 28.9 Å². The molecule has 73 heavy (non-hydrogen) atoms. The number of rotatable bonds is 11. The first kappa shape index (κ1) is 47.5. The first-order chi connectivity index (χ1) is 35.1. The number of nitrogens with one attached hydrogen (secondary N) is 1. The number of carbonyl (C=O) groups excluding carboxylic acids is 3. The first-order valence-electron chi connectivity index (χ1n) is 26.1. The van der Waals surface area contributed by atoms with E-state index in [1.165, 1.54) is 37.9 Å². The minimum Gasteiger partial charge on any atom is -0.463 e. The van der Waals surface area contributed by atoms with Crippen molar-refractivity contribution >= 4 is 56.6 Å². The number of pyridine rings is 1. The van der Waals surface area contributed by atoms with Crippen LogP contribution in [0.1, 0.15) is 92.6 Å². The Balaban J connectivity index is 0.661. The van der Waals surface area contributed by atoms with E-state index in [1.54, 1.807) is 30.0 Å². The first-order valence-corrected chi connectivity index (χ1v) is 26.1. The third-order valence-corrected chi connectivity index (χ3v) is 17.3. The van der Waals surface area contributed by atoms with Gasteiger partial charge in [0, 0.05) is 105 Å². The van der Waals surface area contributed by atoms with Crippen molar-refractivity contribution in [3.63, 3.8) is 0 Å². The minimum atomic E-state index is -0.967. The number of imide groups is 1.